The van der Waals surface area contributed by atoms with Crippen LogP contribution in [-0.4, -0.2) is 37.1 Å². The minimum Gasteiger partial charge on any atom is -0.741 e. The van der Waals surface area contributed by atoms with Crippen LogP contribution in [0.5, 0.6) is 0 Å². The minimum atomic E-state index is -6.09. The number of rotatable bonds is 4. The molecule has 10 heteroatoms. The Kier molecular flexibility index (Phi) is 7.80. The molecule has 0 N–H and O–H groups in total. The third-order valence-corrected chi connectivity index (χ3v) is 6.70. The molecule has 0 saturated carbocycles. The second kappa shape index (κ2) is 10.9. The molecule has 0 unspecified atom stereocenters. The molecule has 3 aromatic carbocycles. The van der Waals surface area contributed by atoms with E-state index in [-0.39, 0.29) is 0 Å². The number of benzene rings is 3. The van der Waals surface area contributed by atoms with Crippen molar-refractivity contribution in [2.75, 3.05) is 19.0 Å². The second-order valence-electron chi connectivity index (χ2n) is 8.99. The van der Waals surface area contributed by atoms with E-state index in [0.29, 0.717) is 0 Å². The van der Waals surface area contributed by atoms with E-state index in [1.54, 1.807) is 0 Å². The molecule has 2 heterocycles. The van der Waals surface area contributed by atoms with Gasteiger partial charge in [-0.2, -0.15) is 13.2 Å². The van der Waals surface area contributed by atoms with Crippen LogP contribution in [0.15, 0.2) is 84.9 Å². The fourth-order valence-electron chi connectivity index (χ4n) is 4.17. The van der Waals surface area contributed by atoms with Gasteiger partial charge in [0.15, 0.2) is 17.2 Å². The lowest BCUT2D eigenvalue weighted by molar-refractivity contribution is -0.736. The third-order valence-electron chi connectivity index (χ3n) is 6.13. The third kappa shape index (κ3) is 6.13. The summed E-state index contributed by atoms with van der Waals surface area (Å²) >= 11 is 0. The van der Waals surface area contributed by atoms with E-state index < -0.39 is 15.6 Å². The van der Waals surface area contributed by atoms with Crippen LogP contribution in [0.3, 0.4) is 0 Å². The van der Waals surface area contributed by atoms with Gasteiger partial charge in [-0.25, -0.2) is 8.42 Å². The van der Waals surface area contributed by atoms with E-state index in [9.17, 15) is 13.2 Å². The molecular formula is C29H26F3N3O3S. The standard InChI is InChI=1S/C28H26N3.CHF3O3S/c1-29(2)23-16-14-22(15-17-23)19-26-25-11-7-8-12-27(25)31-28(26)20-24(30(31)3)18-13-21-9-5-4-6-10-21;2-1(3,4)8(5,6)7/h4-20H,1-3H3;(H,5,6,7)/q+1;/p-1. The maximum Gasteiger partial charge on any atom is 0.485 e. The molecule has 39 heavy (non-hydrogen) atoms. The Balaban J connectivity index is 0.000000386. The Morgan fingerprint density at radius 2 is 1.44 bits per heavy atom. The summed E-state index contributed by atoms with van der Waals surface area (Å²) in [5.41, 5.74) is 1.57. The molecule has 202 valence electrons. The zero-order chi connectivity index (χ0) is 28.4. The predicted molar refractivity (Wildman–Crippen MR) is 147 cm³/mol. The van der Waals surface area contributed by atoms with Crippen molar-refractivity contribution in [3.8, 4) is 0 Å². The number of hydrogen-bond donors (Lipinski definition) is 0. The first-order valence-electron chi connectivity index (χ1n) is 11.8. The van der Waals surface area contributed by atoms with Crippen LogP contribution < -0.4 is 14.8 Å². The number of nitrogens with zero attached hydrogens (tertiary/aromatic N) is 3. The molecule has 0 atom stereocenters. The molecule has 2 aromatic heterocycles. The number of para-hydroxylation sites is 1. The highest BCUT2D eigenvalue weighted by Crippen LogP contribution is 2.20. The number of anilines is 1. The summed E-state index contributed by atoms with van der Waals surface area (Å²) in [6.07, 6.45) is 6.65. The maximum atomic E-state index is 10.7. The summed E-state index contributed by atoms with van der Waals surface area (Å²) in [5, 5.41) is 2.52. The van der Waals surface area contributed by atoms with E-state index in [0.717, 1.165) is 0 Å². The highest BCUT2D eigenvalue weighted by Gasteiger charge is 2.36. The van der Waals surface area contributed by atoms with E-state index in [2.05, 4.69) is 132 Å². The zero-order valence-corrected chi connectivity index (χ0v) is 22.2. The predicted octanol–water partition coefficient (Wildman–Crippen LogP) is 4.75. The van der Waals surface area contributed by atoms with Crippen LogP contribution >= 0.6 is 0 Å². The quantitative estimate of drug-likeness (QED) is 0.183. The summed E-state index contributed by atoms with van der Waals surface area (Å²) in [7, 11) is 0.170. The normalized spacial score (nSPS) is 12.7. The Hall–Kier alpha value is -4.15. The summed E-state index contributed by atoms with van der Waals surface area (Å²) in [4.78, 5) is 2.12. The molecule has 0 radical (unpaired) electrons. The molecular weight excluding hydrogens is 527 g/mol. The Morgan fingerprint density at radius 1 is 0.846 bits per heavy atom. The number of alkyl halides is 3. The van der Waals surface area contributed by atoms with Gasteiger partial charge in [0, 0.05) is 42.5 Å². The molecule has 5 rings (SSSR count). The summed E-state index contributed by atoms with van der Waals surface area (Å²) in [6, 6.07) is 30.0. The largest absolute Gasteiger partial charge is 0.741 e. The fraction of sp³-hybridized carbons (Fsp3) is 0.138. The molecule has 0 aliphatic carbocycles. The van der Waals surface area contributed by atoms with Gasteiger partial charge in [0.2, 0.25) is 5.69 Å². The highest BCUT2D eigenvalue weighted by atomic mass is 32.2. The van der Waals surface area contributed by atoms with E-state index in [1.165, 1.54) is 44.1 Å². The van der Waals surface area contributed by atoms with Gasteiger partial charge in [0.05, 0.1) is 0 Å². The van der Waals surface area contributed by atoms with Gasteiger partial charge in [-0.1, -0.05) is 60.7 Å². The van der Waals surface area contributed by atoms with Gasteiger partial charge >= 0.3 is 5.51 Å². The van der Waals surface area contributed by atoms with Gasteiger partial charge < -0.3 is 9.45 Å². The molecule has 0 amide bonds. The lowest BCUT2D eigenvalue weighted by atomic mass is 10.1. The van der Waals surface area contributed by atoms with Crippen molar-refractivity contribution in [1.82, 2.24) is 4.52 Å². The molecule has 6 nitrogen and oxygen atoms in total. The van der Waals surface area contributed by atoms with Crippen molar-refractivity contribution in [3.63, 3.8) is 0 Å². The van der Waals surface area contributed by atoms with Gasteiger partial charge in [-0.05, 0) is 41.5 Å². The number of halogens is 3. The second-order valence-corrected chi connectivity index (χ2v) is 10.4. The molecule has 0 aliphatic rings. The first-order valence-corrected chi connectivity index (χ1v) is 13.2. The summed E-state index contributed by atoms with van der Waals surface area (Å²) in [6.45, 7) is 0. The topological polar surface area (TPSA) is 68.7 Å². The Labute approximate surface area is 224 Å². The van der Waals surface area contributed by atoms with Gasteiger partial charge in [-0.3, -0.25) is 0 Å². The van der Waals surface area contributed by atoms with Crippen LogP contribution in [0, 0.1) is 0 Å². The molecule has 0 aliphatic heterocycles. The van der Waals surface area contributed by atoms with Crippen LogP contribution in [0.2, 0.25) is 0 Å². The highest BCUT2D eigenvalue weighted by molar-refractivity contribution is 7.86. The number of hydrogen-bond acceptors (Lipinski definition) is 4. The van der Waals surface area contributed by atoms with Crippen LogP contribution in [0.4, 0.5) is 18.9 Å². The van der Waals surface area contributed by atoms with Gasteiger partial charge in [0.1, 0.15) is 11.0 Å². The van der Waals surface area contributed by atoms with E-state index in [1.807, 2.05) is 6.07 Å². The van der Waals surface area contributed by atoms with Gasteiger partial charge in [0.25, 0.3) is 0 Å². The summed E-state index contributed by atoms with van der Waals surface area (Å²) < 4.78 is 63.4. The minimum absolute atomic E-state index is 1.17. The van der Waals surface area contributed by atoms with E-state index in [4.69, 9.17) is 13.0 Å². The molecule has 0 spiro atoms. The molecule has 0 bridgehead atoms. The average Bonchev–Trinajstić information content (AvgIpc) is 3.37. The van der Waals surface area contributed by atoms with Crippen molar-refractivity contribution in [2.24, 2.45) is 7.05 Å². The SMILES string of the molecule is CN(C)c1ccc(C=c2c3ccccc3n3c2cc(C=Cc2ccccc2)[n+]3C)cc1.O=S(=O)([O-])C(F)(F)F. The van der Waals surface area contributed by atoms with Crippen molar-refractivity contribution in [3.05, 3.63) is 107 Å². The first-order chi connectivity index (χ1) is 18.4. The van der Waals surface area contributed by atoms with Gasteiger partial charge in [-0.15, -0.1) is 9.20 Å². The monoisotopic (exact) mass is 553 g/mol. The van der Waals surface area contributed by atoms with E-state index >= 15 is 0 Å². The first kappa shape index (κ1) is 27.9. The average molecular weight is 554 g/mol. The lowest BCUT2D eigenvalue weighted by Gasteiger charge is -2.11. The van der Waals surface area contributed by atoms with Crippen molar-refractivity contribution >= 4 is 50.5 Å². The van der Waals surface area contributed by atoms with Crippen molar-refractivity contribution in [1.29, 1.82) is 0 Å². The number of aromatic nitrogens is 2. The van der Waals surface area contributed by atoms with Crippen LogP contribution in [0.1, 0.15) is 16.8 Å². The molecule has 0 saturated heterocycles. The number of fused-ring (bicyclic) bond motifs is 3. The summed E-state index contributed by atoms with van der Waals surface area (Å²) in [5.74, 6) is 0. The Morgan fingerprint density at radius 3 is 2.03 bits per heavy atom. The van der Waals surface area contributed by atoms with Crippen LogP contribution in [0.25, 0.3) is 34.6 Å². The molecule has 5 aromatic rings. The van der Waals surface area contributed by atoms with Crippen molar-refractivity contribution < 1.29 is 30.8 Å². The Bertz CT molecular complexity index is 1790. The lowest BCUT2D eigenvalue weighted by Crippen LogP contribution is -2.36. The van der Waals surface area contributed by atoms with Crippen LogP contribution in [-0.2, 0) is 17.2 Å². The fourth-order valence-corrected chi connectivity index (χ4v) is 4.17. The van der Waals surface area contributed by atoms with Crippen molar-refractivity contribution in [2.45, 2.75) is 5.51 Å². The smallest absolute Gasteiger partial charge is 0.485 e. The maximum absolute atomic E-state index is 10.7. The molecule has 0 fully saturated rings. The zero-order valence-electron chi connectivity index (χ0n) is 21.4. The number of aryl methyl sites for hydroxylation is 1.